The highest BCUT2D eigenvalue weighted by Gasteiger charge is 2.33. The third kappa shape index (κ3) is 4.58. The van der Waals surface area contributed by atoms with Crippen LogP contribution in [0.1, 0.15) is 60.9 Å². The largest absolute Gasteiger partial charge is 0.384 e. The number of aromatic nitrogens is 3. The molecule has 0 N–H and O–H groups in total. The topological polar surface area (TPSA) is 88.5 Å². The van der Waals surface area contributed by atoms with Crippen molar-refractivity contribution >= 4 is 17.6 Å². The second-order valence-electron chi connectivity index (χ2n) is 8.11. The molecule has 0 bridgehead atoms. The third-order valence-corrected chi connectivity index (χ3v) is 6.04. The Morgan fingerprint density at radius 2 is 2.10 bits per heavy atom. The highest BCUT2D eigenvalue weighted by atomic mass is 16.5. The average molecular weight is 424 g/mol. The molecule has 0 radical (unpaired) electrons. The van der Waals surface area contributed by atoms with Gasteiger partial charge < -0.3 is 9.64 Å². The van der Waals surface area contributed by atoms with E-state index in [1.54, 1.807) is 18.2 Å². The van der Waals surface area contributed by atoms with E-state index in [4.69, 9.17) is 14.7 Å². The molecule has 1 fully saturated rings. The number of anilines is 1. The molecule has 8 heteroatoms. The fourth-order valence-corrected chi connectivity index (χ4v) is 4.40. The highest BCUT2D eigenvalue weighted by molar-refractivity contribution is 5.95. The van der Waals surface area contributed by atoms with Crippen molar-refractivity contribution in [3.8, 4) is 0 Å². The Hall–Kier alpha value is -2.87. The smallest absolute Gasteiger partial charge is 0.228 e. The normalized spacial score (nSPS) is 18.8. The molecule has 0 unspecified atom stereocenters. The molecule has 2 aromatic rings. The van der Waals surface area contributed by atoms with E-state index in [0.717, 1.165) is 36.2 Å². The molecule has 31 heavy (non-hydrogen) atoms. The predicted octanol–water partition coefficient (Wildman–Crippen LogP) is 2.75. The van der Waals surface area contributed by atoms with E-state index in [1.807, 2.05) is 30.0 Å². The van der Waals surface area contributed by atoms with Crippen LogP contribution in [0.25, 0.3) is 0 Å². The first-order valence-corrected chi connectivity index (χ1v) is 10.9. The van der Waals surface area contributed by atoms with Gasteiger partial charge in [-0.1, -0.05) is 6.07 Å². The van der Waals surface area contributed by atoms with E-state index < -0.39 is 0 Å². The van der Waals surface area contributed by atoms with Gasteiger partial charge in [0.2, 0.25) is 11.8 Å². The summed E-state index contributed by atoms with van der Waals surface area (Å²) < 4.78 is 5.09. The second kappa shape index (κ2) is 9.51. The minimum Gasteiger partial charge on any atom is -0.384 e. The summed E-state index contributed by atoms with van der Waals surface area (Å²) in [4.78, 5) is 43.3. The van der Waals surface area contributed by atoms with Crippen LogP contribution >= 0.6 is 0 Å². The first kappa shape index (κ1) is 21.4. The van der Waals surface area contributed by atoms with Crippen LogP contribution in [-0.2, 0) is 27.3 Å². The Kier molecular flexibility index (Phi) is 6.56. The number of pyridine rings is 1. The molecule has 0 aliphatic carbocycles. The van der Waals surface area contributed by atoms with Gasteiger partial charge in [0, 0.05) is 37.5 Å². The molecule has 0 spiro atoms. The number of aryl methyl sites for hydroxylation is 1. The summed E-state index contributed by atoms with van der Waals surface area (Å²) in [6.45, 7) is 3.45. The molecule has 0 aromatic carbocycles. The first-order chi connectivity index (χ1) is 15.1. The number of ether oxygens (including phenoxy) is 1. The lowest BCUT2D eigenvalue weighted by molar-refractivity contribution is -0.136. The zero-order chi connectivity index (χ0) is 21.8. The minimum atomic E-state index is -0.171. The van der Waals surface area contributed by atoms with Crippen molar-refractivity contribution in [1.82, 2.24) is 19.9 Å². The predicted molar refractivity (Wildman–Crippen MR) is 115 cm³/mol. The summed E-state index contributed by atoms with van der Waals surface area (Å²) >= 11 is 0. The summed E-state index contributed by atoms with van der Waals surface area (Å²) in [5.41, 5.74) is 2.70. The van der Waals surface area contributed by atoms with Crippen LogP contribution in [0, 0.1) is 6.92 Å². The van der Waals surface area contributed by atoms with Crippen LogP contribution in [0.5, 0.6) is 0 Å². The molecule has 2 aromatic heterocycles. The lowest BCUT2D eigenvalue weighted by Gasteiger charge is -2.36. The van der Waals surface area contributed by atoms with Gasteiger partial charge in [0.25, 0.3) is 0 Å². The van der Waals surface area contributed by atoms with Crippen molar-refractivity contribution in [2.24, 2.45) is 0 Å². The Bertz CT molecular complexity index is 950. The Morgan fingerprint density at radius 1 is 1.23 bits per heavy atom. The number of fused-ring (bicyclic) bond motifs is 1. The summed E-state index contributed by atoms with van der Waals surface area (Å²) in [6, 6.07) is 5.52. The molecular formula is C23H29N5O3. The van der Waals surface area contributed by atoms with Gasteiger partial charge in [-0.05, 0) is 44.7 Å². The molecule has 1 saturated heterocycles. The number of nitrogens with zero attached hydrogens (tertiary/aromatic N) is 5. The number of hydrogen-bond donors (Lipinski definition) is 0. The Balaban J connectivity index is 1.68. The number of piperidine rings is 1. The van der Waals surface area contributed by atoms with Crippen molar-refractivity contribution in [3.63, 3.8) is 0 Å². The van der Waals surface area contributed by atoms with E-state index >= 15 is 0 Å². The fraction of sp³-hybridized carbons (Fsp3) is 0.522. The molecule has 2 amide bonds. The van der Waals surface area contributed by atoms with Crippen molar-refractivity contribution in [1.29, 1.82) is 0 Å². The van der Waals surface area contributed by atoms with Crippen molar-refractivity contribution in [2.75, 3.05) is 25.2 Å². The van der Waals surface area contributed by atoms with Crippen molar-refractivity contribution < 1.29 is 14.3 Å². The summed E-state index contributed by atoms with van der Waals surface area (Å²) in [5.74, 6) is 1.40. The summed E-state index contributed by atoms with van der Waals surface area (Å²) in [7, 11) is 1.60. The number of rotatable bonds is 6. The molecule has 8 nitrogen and oxygen atoms in total. The molecule has 4 heterocycles. The van der Waals surface area contributed by atoms with Gasteiger partial charge in [-0.25, -0.2) is 9.97 Å². The number of methoxy groups -OCH3 is 1. The number of amides is 2. The van der Waals surface area contributed by atoms with Crippen LogP contribution in [0.2, 0.25) is 0 Å². The maximum atomic E-state index is 12.8. The Morgan fingerprint density at radius 3 is 2.87 bits per heavy atom. The lowest BCUT2D eigenvalue weighted by Crippen LogP contribution is -2.41. The average Bonchev–Trinajstić information content (AvgIpc) is 2.80. The second-order valence-corrected chi connectivity index (χ2v) is 8.11. The van der Waals surface area contributed by atoms with Crippen LogP contribution in [0.3, 0.4) is 0 Å². The number of likely N-dealkylation sites (tertiary alicyclic amines) is 1. The van der Waals surface area contributed by atoms with E-state index in [1.165, 1.54) is 0 Å². The molecule has 4 rings (SSSR count). The lowest BCUT2D eigenvalue weighted by atomic mass is 9.99. The van der Waals surface area contributed by atoms with Crippen LogP contribution in [-0.4, -0.2) is 51.9 Å². The highest BCUT2D eigenvalue weighted by Crippen LogP contribution is 2.34. The van der Waals surface area contributed by atoms with Crippen LogP contribution < -0.4 is 4.90 Å². The van der Waals surface area contributed by atoms with Gasteiger partial charge in [-0.2, -0.15) is 0 Å². The standard InChI is InChI=1S/C23H29N5O3/c1-16-18-9-10-20(29)28(15-17-7-3-5-12-24-17)23(18)26-22(25-16)19-8-4-6-13-27(19)21(30)11-14-31-2/h3,5,7,12,19H,4,6,8-11,13-15H2,1-2H3/t19-/m0/s1. The fourth-order valence-electron chi connectivity index (χ4n) is 4.40. The first-order valence-electron chi connectivity index (χ1n) is 10.9. The molecule has 164 valence electrons. The van der Waals surface area contributed by atoms with Gasteiger partial charge in [0.1, 0.15) is 5.82 Å². The minimum absolute atomic E-state index is 0.0406. The van der Waals surface area contributed by atoms with Gasteiger partial charge in [0.15, 0.2) is 5.82 Å². The van der Waals surface area contributed by atoms with E-state index in [-0.39, 0.29) is 17.9 Å². The van der Waals surface area contributed by atoms with Crippen LogP contribution in [0.15, 0.2) is 24.4 Å². The number of hydrogen-bond acceptors (Lipinski definition) is 6. The zero-order valence-electron chi connectivity index (χ0n) is 18.2. The molecule has 0 saturated carbocycles. The van der Waals surface area contributed by atoms with E-state index in [2.05, 4.69) is 4.98 Å². The maximum Gasteiger partial charge on any atom is 0.228 e. The zero-order valence-corrected chi connectivity index (χ0v) is 18.2. The van der Waals surface area contributed by atoms with Gasteiger partial charge in [-0.15, -0.1) is 0 Å². The van der Waals surface area contributed by atoms with Crippen molar-refractivity contribution in [2.45, 2.75) is 58.0 Å². The number of carbonyl (C=O) groups is 2. The van der Waals surface area contributed by atoms with E-state index in [9.17, 15) is 9.59 Å². The molecule has 2 aliphatic rings. The number of carbonyl (C=O) groups excluding carboxylic acids is 2. The monoisotopic (exact) mass is 423 g/mol. The maximum absolute atomic E-state index is 12.8. The molecule has 1 atom stereocenters. The molecular weight excluding hydrogens is 394 g/mol. The third-order valence-electron chi connectivity index (χ3n) is 6.04. The molecule has 2 aliphatic heterocycles. The van der Waals surface area contributed by atoms with Crippen molar-refractivity contribution in [3.05, 3.63) is 47.2 Å². The van der Waals surface area contributed by atoms with Gasteiger partial charge >= 0.3 is 0 Å². The summed E-state index contributed by atoms with van der Waals surface area (Å²) in [6.07, 6.45) is 5.98. The van der Waals surface area contributed by atoms with Gasteiger partial charge in [0.05, 0.1) is 31.3 Å². The van der Waals surface area contributed by atoms with Crippen LogP contribution in [0.4, 0.5) is 5.82 Å². The quantitative estimate of drug-likeness (QED) is 0.710. The SMILES string of the molecule is COCCC(=O)N1CCCC[C@H]1c1nc(C)c2c(n1)N(Cc1ccccn1)C(=O)CC2. The van der Waals surface area contributed by atoms with E-state index in [0.29, 0.717) is 50.6 Å². The summed E-state index contributed by atoms with van der Waals surface area (Å²) in [5, 5.41) is 0. The Labute approximate surface area is 182 Å². The van der Waals surface area contributed by atoms with Gasteiger partial charge in [-0.3, -0.25) is 19.5 Å².